The average molecular weight is 409 g/mol. The number of para-hydroxylation sites is 2. The van der Waals surface area contributed by atoms with Crippen molar-refractivity contribution in [3.05, 3.63) is 48.0 Å². The third kappa shape index (κ3) is 6.49. The Morgan fingerprint density at radius 2 is 1.82 bits per heavy atom. The van der Waals surface area contributed by atoms with E-state index in [-0.39, 0.29) is 6.04 Å². The Balaban J connectivity index is 1.84. The molecule has 2 unspecified atom stereocenters. The summed E-state index contributed by atoms with van der Waals surface area (Å²) in [6.45, 7) is 5.82. The van der Waals surface area contributed by atoms with Gasteiger partial charge in [-0.3, -0.25) is 0 Å². The van der Waals surface area contributed by atoms with Gasteiger partial charge in [-0.2, -0.15) is 10.2 Å². The van der Waals surface area contributed by atoms with Gasteiger partial charge in [0.15, 0.2) is 11.5 Å². The molecular formula is C20H28N2O5S. The lowest BCUT2D eigenvalue weighted by Crippen LogP contribution is -2.31. The molecule has 0 amide bonds. The second kappa shape index (κ2) is 11.7. The fraction of sp³-hybridized carbons (Fsp3) is 0.400. The monoisotopic (exact) mass is 408 g/mol. The van der Waals surface area contributed by atoms with Crippen molar-refractivity contribution in [2.24, 2.45) is 5.90 Å². The Kier molecular flexibility index (Phi) is 9.22. The van der Waals surface area contributed by atoms with E-state index >= 15 is 0 Å². The van der Waals surface area contributed by atoms with Crippen molar-refractivity contribution >= 4 is 11.1 Å². The van der Waals surface area contributed by atoms with Crippen LogP contribution in [0.5, 0.6) is 17.2 Å². The van der Waals surface area contributed by atoms with Gasteiger partial charge in [-0.05, 0) is 50.1 Å². The normalized spacial score (nSPS) is 13.0. The molecule has 0 aliphatic carbocycles. The molecule has 0 saturated carbocycles. The van der Waals surface area contributed by atoms with Gasteiger partial charge < -0.3 is 19.5 Å². The summed E-state index contributed by atoms with van der Waals surface area (Å²) >= 11 is -1.76. The molecule has 0 spiro atoms. The maximum atomic E-state index is 11.9. The number of hydrogen-bond donors (Lipinski definition) is 2. The lowest BCUT2D eigenvalue weighted by Gasteiger charge is -2.16. The topological polar surface area (TPSA) is 92.0 Å². The smallest absolute Gasteiger partial charge is 0.210 e. The Hall–Kier alpha value is -2.13. The predicted molar refractivity (Wildman–Crippen MR) is 109 cm³/mol. The van der Waals surface area contributed by atoms with Crippen LogP contribution in [-0.2, 0) is 21.8 Å². The molecule has 0 aliphatic heterocycles. The van der Waals surface area contributed by atoms with E-state index in [0.29, 0.717) is 30.4 Å². The van der Waals surface area contributed by atoms with Crippen LogP contribution in [0.2, 0.25) is 0 Å². The summed E-state index contributed by atoms with van der Waals surface area (Å²) < 4.78 is 32.9. The Bertz CT molecular complexity index is 772. The first-order valence-electron chi connectivity index (χ1n) is 9.13. The average Bonchev–Trinajstić information content (AvgIpc) is 2.72. The van der Waals surface area contributed by atoms with Gasteiger partial charge in [-0.25, -0.2) is 4.21 Å². The first kappa shape index (κ1) is 22.2. The Labute approximate surface area is 168 Å². The summed E-state index contributed by atoms with van der Waals surface area (Å²) in [5, 5.41) is 3.42. The van der Waals surface area contributed by atoms with Gasteiger partial charge >= 0.3 is 0 Å². The summed E-state index contributed by atoms with van der Waals surface area (Å²) in [5.74, 6) is 7.02. The highest BCUT2D eigenvalue weighted by atomic mass is 32.2. The second-order valence-corrected chi connectivity index (χ2v) is 7.21. The molecule has 0 aromatic heterocycles. The molecule has 0 heterocycles. The van der Waals surface area contributed by atoms with E-state index < -0.39 is 11.1 Å². The number of benzene rings is 2. The third-order valence-corrected chi connectivity index (χ3v) is 4.89. The zero-order valence-corrected chi connectivity index (χ0v) is 17.3. The minimum absolute atomic E-state index is 0.194. The lowest BCUT2D eigenvalue weighted by atomic mass is 10.1. The van der Waals surface area contributed by atoms with Gasteiger partial charge in [0.25, 0.3) is 0 Å². The molecule has 2 aromatic carbocycles. The highest BCUT2D eigenvalue weighted by Crippen LogP contribution is 2.26. The predicted octanol–water partition coefficient (Wildman–Crippen LogP) is 2.61. The molecule has 28 heavy (non-hydrogen) atoms. The van der Waals surface area contributed by atoms with E-state index in [1.54, 1.807) is 12.1 Å². The van der Waals surface area contributed by atoms with Crippen LogP contribution >= 0.6 is 0 Å². The first-order chi connectivity index (χ1) is 13.6. The molecule has 7 nitrogen and oxygen atoms in total. The van der Waals surface area contributed by atoms with Crippen LogP contribution in [0.3, 0.4) is 0 Å². The summed E-state index contributed by atoms with van der Waals surface area (Å²) in [4.78, 5) is 0.422. The molecule has 2 rings (SSSR count). The third-order valence-electron chi connectivity index (χ3n) is 4.04. The van der Waals surface area contributed by atoms with Crippen molar-refractivity contribution in [3.8, 4) is 17.2 Å². The number of rotatable bonds is 12. The summed E-state index contributed by atoms with van der Waals surface area (Å²) in [5.41, 5.74) is 1.00. The summed E-state index contributed by atoms with van der Waals surface area (Å²) in [7, 11) is 1.51. The Morgan fingerprint density at radius 1 is 1.11 bits per heavy atom. The molecule has 0 bridgehead atoms. The summed E-state index contributed by atoms with van der Waals surface area (Å²) in [6, 6.07) is 13.3. The number of nitrogens with two attached hydrogens (primary N) is 1. The van der Waals surface area contributed by atoms with Gasteiger partial charge in [0, 0.05) is 12.6 Å². The largest absolute Gasteiger partial charge is 0.495 e. The molecule has 3 N–H and O–H groups in total. The number of ether oxygens (including phenoxy) is 3. The highest BCUT2D eigenvalue weighted by molar-refractivity contribution is 7.80. The number of nitrogens with one attached hydrogen (secondary N) is 1. The van der Waals surface area contributed by atoms with Crippen molar-refractivity contribution in [1.29, 1.82) is 0 Å². The molecule has 0 saturated heterocycles. The van der Waals surface area contributed by atoms with E-state index in [1.165, 1.54) is 7.11 Å². The van der Waals surface area contributed by atoms with Crippen molar-refractivity contribution in [3.63, 3.8) is 0 Å². The molecule has 0 aliphatic rings. The van der Waals surface area contributed by atoms with E-state index in [2.05, 4.69) is 16.5 Å². The van der Waals surface area contributed by atoms with E-state index in [1.807, 2.05) is 37.3 Å². The van der Waals surface area contributed by atoms with E-state index in [9.17, 15) is 4.21 Å². The van der Waals surface area contributed by atoms with E-state index in [0.717, 1.165) is 23.5 Å². The van der Waals surface area contributed by atoms with Gasteiger partial charge in [0.2, 0.25) is 11.1 Å². The van der Waals surface area contributed by atoms with Crippen molar-refractivity contribution in [2.45, 2.75) is 31.2 Å². The van der Waals surface area contributed by atoms with Crippen LogP contribution < -0.4 is 25.4 Å². The molecule has 8 heteroatoms. The van der Waals surface area contributed by atoms with Crippen LogP contribution in [0.15, 0.2) is 47.4 Å². The molecule has 154 valence electrons. The molecule has 0 fully saturated rings. The van der Waals surface area contributed by atoms with Crippen molar-refractivity contribution in [1.82, 2.24) is 5.32 Å². The lowest BCUT2D eigenvalue weighted by molar-refractivity contribution is 0.272. The standard InChI is InChI=1S/C20H28N2O5S/c1-4-25-17-7-5-6-8-18(17)26-12-11-22-15(2)13-16-9-10-19(24-3)20(14-16)28(23)27-21/h5-10,14-15,22H,4,11-13,21H2,1-3H3. The number of methoxy groups -OCH3 is 1. The number of hydrogen-bond acceptors (Lipinski definition) is 7. The van der Waals surface area contributed by atoms with Crippen LogP contribution in [0, 0.1) is 0 Å². The maximum Gasteiger partial charge on any atom is 0.210 e. The van der Waals surface area contributed by atoms with Crippen LogP contribution in [-0.4, -0.2) is 37.1 Å². The maximum absolute atomic E-state index is 11.9. The highest BCUT2D eigenvalue weighted by Gasteiger charge is 2.13. The van der Waals surface area contributed by atoms with Gasteiger partial charge in [0.1, 0.15) is 17.3 Å². The minimum atomic E-state index is -1.76. The Morgan fingerprint density at radius 3 is 2.46 bits per heavy atom. The van der Waals surface area contributed by atoms with E-state index in [4.69, 9.17) is 20.1 Å². The summed E-state index contributed by atoms with van der Waals surface area (Å²) in [6.07, 6.45) is 0.744. The molecule has 0 radical (unpaired) electrons. The van der Waals surface area contributed by atoms with Crippen LogP contribution in [0.1, 0.15) is 19.4 Å². The van der Waals surface area contributed by atoms with Crippen LogP contribution in [0.4, 0.5) is 0 Å². The zero-order valence-electron chi connectivity index (χ0n) is 16.5. The molecule has 2 aromatic rings. The van der Waals surface area contributed by atoms with Gasteiger partial charge in [-0.15, -0.1) is 0 Å². The van der Waals surface area contributed by atoms with Crippen molar-refractivity contribution in [2.75, 3.05) is 26.9 Å². The van der Waals surface area contributed by atoms with Crippen LogP contribution in [0.25, 0.3) is 0 Å². The first-order valence-corrected chi connectivity index (χ1v) is 10.2. The fourth-order valence-electron chi connectivity index (χ4n) is 2.77. The zero-order chi connectivity index (χ0) is 20.4. The SMILES string of the molecule is CCOc1ccccc1OCCNC(C)Cc1ccc(OC)c(S(=O)ON)c1. The second-order valence-electron chi connectivity index (χ2n) is 6.10. The van der Waals surface area contributed by atoms with Crippen molar-refractivity contribution < 1.29 is 22.7 Å². The minimum Gasteiger partial charge on any atom is -0.495 e. The molecular weight excluding hydrogens is 380 g/mol. The fourth-order valence-corrected chi connectivity index (χ4v) is 3.43. The van der Waals surface area contributed by atoms with Gasteiger partial charge in [-0.1, -0.05) is 18.2 Å². The molecule has 2 atom stereocenters. The quantitative estimate of drug-likeness (QED) is 0.412. The van der Waals surface area contributed by atoms with Gasteiger partial charge in [0.05, 0.1) is 13.7 Å².